The Morgan fingerprint density at radius 2 is 1.77 bits per heavy atom. The SMILES string of the molecule is CCN(CC)CCCC(=O)c1c(C)[nH]c(/C=C2\C(=O)Nc3ccc(C4CCN(c5ccccc5)CC4)cc32)c1C. The van der Waals surface area contributed by atoms with E-state index in [1.54, 1.807) is 0 Å². The molecule has 0 saturated carbocycles. The van der Waals surface area contributed by atoms with Gasteiger partial charge in [0.2, 0.25) is 0 Å². The van der Waals surface area contributed by atoms with Crippen molar-refractivity contribution in [1.29, 1.82) is 0 Å². The van der Waals surface area contributed by atoms with Crippen molar-refractivity contribution in [3.05, 3.63) is 82.2 Å². The molecule has 0 atom stereocenters. The Hall–Kier alpha value is -3.64. The van der Waals surface area contributed by atoms with Gasteiger partial charge in [-0.3, -0.25) is 9.59 Å². The molecular formula is C34H42N4O2. The second-order valence-electron chi connectivity index (χ2n) is 11.1. The number of Topliss-reactive ketones (excluding diaryl/α,β-unsaturated/α-hetero) is 1. The quantitative estimate of drug-likeness (QED) is 0.220. The highest BCUT2D eigenvalue weighted by Gasteiger charge is 2.28. The molecule has 5 rings (SSSR count). The Morgan fingerprint density at radius 3 is 2.48 bits per heavy atom. The largest absolute Gasteiger partial charge is 0.371 e. The van der Waals surface area contributed by atoms with Crippen LogP contribution in [-0.2, 0) is 4.79 Å². The zero-order valence-electron chi connectivity index (χ0n) is 24.3. The van der Waals surface area contributed by atoms with E-state index in [1.807, 2.05) is 26.0 Å². The Balaban J connectivity index is 1.32. The summed E-state index contributed by atoms with van der Waals surface area (Å²) in [4.78, 5) is 34.4. The van der Waals surface area contributed by atoms with Crippen LogP contribution in [0.15, 0.2) is 48.5 Å². The number of aromatic nitrogens is 1. The van der Waals surface area contributed by atoms with E-state index < -0.39 is 0 Å². The van der Waals surface area contributed by atoms with E-state index >= 15 is 0 Å². The minimum Gasteiger partial charge on any atom is -0.371 e. The van der Waals surface area contributed by atoms with Crippen molar-refractivity contribution in [2.24, 2.45) is 0 Å². The first kappa shape index (κ1) is 27.9. The number of hydrogen-bond acceptors (Lipinski definition) is 4. The van der Waals surface area contributed by atoms with Gasteiger partial charge in [0.1, 0.15) is 0 Å². The average Bonchev–Trinajstić information content (AvgIpc) is 3.44. The second-order valence-corrected chi connectivity index (χ2v) is 11.1. The Morgan fingerprint density at radius 1 is 1.05 bits per heavy atom. The Bertz CT molecular complexity index is 1390. The van der Waals surface area contributed by atoms with Gasteiger partial charge in [0.05, 0.1) is 5.57 Å². The van der Waals surface area contributed by atoms with Crippen LogP contribution in [0, 0.1) is 13.8 Å². The fourth-order valence-corrected chi connectivity index (χ4v) is 6.32. The number of nitrogens with zero attached hydrogens (tertiary/aromatic N) is 2. The van der Waals surface area contributed by atoms with E-state index in [-0.39, 0.29) is 11.7 Å². The summed E-state index contributed by atoms with van der Waals surface area (Å²) in [6.07, 6.45) is 5.48. The van der Waals surface area contributed by atoms with Crippen molar-refractivity contribution in [2.75, 3.05) is 42.9 Å². The van der Waals surface area contributed by atoms with Crippen molar-refractivity contribution >= 4 is 34.7 Å². The number of rotatable bonds is 10. The molecule has 6 heteroatoms. The molecule has 1 saturated heterocycles. The van der Waals surface area contributed by atoms with Crippen molar-refractivity contribution in [3.8, 4) is 0 Å². The number of fused-ring (bicyclic) bond motifs is 1. The lowest BCUT2D eigenvalue weighted by molar-refractivity contribution is -0.110. The minimum atomic E-state index is -0.0928. The van der Waals surface area contributed by atoms with Crippen molar-refractivity contribution in [1.82, 2.24) is 9.88 Å². The van der Waals surface area contributed by atoms with Gasteiger partial charge in [-0.1, -0.05) is 38.1 Å². The highest BCUT2D eigenvalue weighted by atomic mass is 16.2. The molecule has 2 aliphatic heterocycles. The van der Waals surface area contributed by atoms with Crippen molar-refractivity contribution < 1.29 is 9.59 Å². The van der Waals surface area contributed by atoms with Crippen LogP contribution in [0.4, 0.5) is 11.4 Å². The maximum Gasteiger partial charge on any atom is 0.256 e. The standard InChI is InChI=1S/C34H42N4O2/c1-5-37(6-2)18-10-13-32(39)33-23(3)31(35-24(33)4)22-29-28-21-26(14-15-30(28)36-34(29)40)25-16-19-38(20-17-25)27-11-8-7-9-12-27/h7-9,11-12,14-15,21-22,25,35H,5-6,10,13,16-20H2,1-4H3,(H,36,40)/b29-22-. The second kappa shape index (κ2) is 12.3. The van der Waals surface area contributed by atoms with Crippen LogP contribution >= 0.6 is 0 Å². The number of aromatic amines is 1. The molecular weight excluding hydrogens is 496 g/mol. The predicted octanol–water partition coefficient (Wildman–Crippen LogP) is 6.81. The van der Waals surface area contributed by atoms with E-state index in [0.717, 1.165) is 85.8 Å². The summed E-state index contributed by atoms with van der Waals surface area (Å²) in [5.41, 5.74) is 8.43. The molecule has 3 aromatic rings. The van der Waals surface area contributed by atoms with Gasteiger partial charge in [0, 0.05) is 53.4 Å². The lowest BCUT2D eigenvalue weighted by Crippen LogP contribution is -2.32. The smallest absolute Gasteiger partial charge is 0.256 e. The molecule has 1 amide bonds. The molecule has 1 aromatic heterocycles. The highest BCUT2D eigenvalue weighted by molar-refractivity contribution is 6.35. The molecule has 0 aliphatic carbocycles. The summed E-state index contributed by atoms with van der Waals surface area (Å²) < 4.78 is 0. The number of ketones is 1. The first-order valence-electron chi connectivity index (χ1n) is 14.8. The molecule has 40 heavy (non-hydrogen) atoms. The summed E-state index contributed by atoms with van der Waals surface area (Å²) in [6, 6.07) is 17.0. The van der Waals surface area contributed by atoms with Crippen LogP contribution in [0.2, 0.25) is 0 Å². The van der Waals surface area contributed by atoms with Gasteiger partial charge >= 0.3 is 0 Å². The van der Waals surface area contributed by atoms with Crippen molar-refractivity contribution in [3.63, 3.8) is 0 Å². The number of nitrogens with one attached hydrogen (secondary N) is 2. The summed E-state index contributed by atoms with van der Waals surface area (Å²) in [7, 11) is 0. The van der Waals surface area contributed by atoms with Crippen molar-refractivity contribution in [2.45, 2.75) is 59.3 Å². The number of carbonyl (C=O) groups excluding carboxylic acids is 2. The number of H-pyrrole nitrogens is 1. The molecule has 2 N–H and O–H groups in total. The van der Waals surface area contributed by atoms with Gasteiger partial charge in [0.25, 0.3) is 5.91 Å². The number of aryl methyl sites for hydroxylation is 1. The van der Waals surface area contributed by atoms with Crippen LogP contribution < -0.4 is 10.2 Å². The summed E-state index contributed by atoms with van der Waals surface area (Å²) in [5, 5.41) is 3.04. The number of carbonyl (C=O) groups is 2. The number of anilines is 2. The maximum atomic E-state index is 13.1. The molecule has 2 aromatic carbocycles. The normalized spacial score (nSPS) is 16.6. The molecule has 210 valence electrons. The molecule has 0 radical (unpaired) electrons. The number of piperidine rings is 1. The van der Waals surface area contributed by atoms with Crippen LogP contribution in [0.25, 0.3) is 11.6 Å². The number of amides is 1. The fourth-order valence-electron chi connectivity index (χ4n) is 6.32. The third kappa shape index (κ3) is 5.78. The monoisotopic (exact) mass is 538 g/mol. The van der Waals surface area contributed by atoms with Gasteiger partial charge in [0.15, 0.2) is 5.78 Å². The number of benzene rings is 2. The number of para-hydroxylation sites is 1. The predicted molar refractivity (Wildman–Crippen MR) is 165 cm³/mol. The number of hydrogen-bond donors (Lipinski definition) is 2. The molecule has 1 fully saturated rings. The zero-order valence-corrected chi connectivity index (χ0v) is 24.3. The van der Waals surface area contributed by atoms with Crippen LogP contribution in [0.3, 0.4) is 0 Å². The Labute approximate surface area is 238 Å². The van der Waals surface area contributed by atoms with Crippen LogP contribution in [0.1, 0.15) is 83.9 Å². The summed E-state index contributed by atoms with van der Waals surface area (Å²) in [5.74, 6) is 0.547. The topological polar surface area (TPSA) is 68.4 Å². The molecule has 0 bridgehead atoms. The third-order valence-electron chi connectivity index (χ3n) is 8.73. The van der Waals surface area contributed by atoms with Gasteiger partial charge in [-0.15, -0.1) is 0 Å². The lowest BCUT2D eigenvalue weighted by atomic mass is 9.87. The van der Waals surface area contributed by atoms with Crippen LogP contribution in [-0.4, -0.2) is 54.3 Å². The third-order valence-corrected chi connectivity index (χ3v) is 8.73. The first-order valence-corrected chi connectivity index (χ1v) is 14.8. The van der Waals surface area contributed by atoms with E-state index in [0.29, 0.717) is 17.9 Å². The molecule has 2 aliphatic rings. The highest BCUT2D eigenvalue weighted by Crippen LogP contribution is 2.38. The molecule has 6 nitrogen and oxygen atoms in total. The maximum absolute atomic E-state index is 13.1. The van der Waals surface area contributed by atoms with Gasteiger partial charge in [-0.25, -0.2) is 0 Å². The Kier molecular flexibility index (Phi) is 8.55. The van der Waals surface area contributed by atoms with E-state index in [1.165, 1.54) is 11.3 Å². The molecule has 0 spiro atoms. The molecule has 3 heterocycles. The van der Waals surface area contributed by atoms with E-state index in [4.69, 9.17) is 0 Å². The molecule has 0 unspecified atom stereocenters. The van der Waals surface area contributed by atoms with E-state index in [9.17, 15) is 9.59 Å². The summed E-state index contributed by atoms with van der Waals surface area (Å²) in [6.45, 7) is 13.2. The van der Waals surface area contributed by atoms with E-state index in [2.05, 4.69) is 76.4 Å². The summed E-state index contributed by atoms with van der Waals surface area (Å²) >= 11 is 0. The lowest BCUT2D eigenvalue weighted by Gasteiger charge is -2.34. The van der Waals surface area contributed by atoms with Crippen LogP contribution in [0.5, 0.6) is 0 Å². The fraction of sp³-hybridized carbons (Fsp3) is 0.412. The minimum absolute atomic E-state index is 0.0928. The first-order chi connectivity index (χ1) is 19.4. The van der Waals surface area contributed by atoms with Gasteiger partial charge in [-0.05, 0) is 100 Å². The van der Waals surface area contributed by atoms with Gasteiger partial charge in [-0.2, -0.15) is 0 Å². The van der Waals surface area contributed by atoms with Gasteiger partial charge < -0.3 is 20.1 Å². The zero-order chi connectivity index (χ0) is 28.2. The average molecular weight is 539 g/mol.